The first-order valence-corrected chi connectivity index (χ1v) is 7.53. The van der Waals surface area contributed by atoms with Crippen molar-refractivity contribution in [2.75, 3.05) is 5.73 Å². The van der Waals surface area contributed by atoms with Gasteiger partial charge in [-0.15, -0.1) is 0 Å². The molecule has 3 rings (SSSR count). The number of nitrogens with two attached hydrogens (primary N) is 1. The van der Waals surface area contributed by atoms with E-state index in [9.17, 15) is 0 Å². The molecular formula is C16H22N4. The number of nitrogens with zero attached hydrogens (tertiary/aromatic N) is 3. The minimum Gasteiger partial charge on any atom is -0.384 e. The number of rotatable bonds is 3. The van der Waals surface area contributed by atoms with E-state index in [-0.39, 0.29) is 0 Å². The van der Waals surface area contributed by atoms with E-state index < -0.39 is 0 Å². The van der Waals surface area contributed by atoms with Gasteiger partial charge in [0, 0.05) is 17.8 Å². The van der Waals surface area contributed by atoms with Gasteiger partial charge in [0.15, 0.2) is 0 Å². The van der Waals surface area contributed by atoms with Gasteiger partial charge in [0.05, 0.1) is 18.2 Å². The van der Waals surface area contributed by atoms with Gasteiger partial charge in [-0.1, -0.05) is 26.2 Å². The van der Waals surface area contributed by atoms with E-state index in [4.69, 9.17) is 5.73 Å². The average Bonchev–Trinajstić information content (AvgIpc) is 2.97. The maximum Gasteiger partial charge on any atom is 0.123 e. The summed E-state index contributed by atoms with van der Waals surface area (Å²) in [7, 11) is 0. The van der Waals surface area contributed by atoms with Gasteiger partial charge in [0.25, 0.3) is 0 Å². The molecule has 0 aliphatic heterocycles. The molecule has 0 bridgehead atoms. The first-order valence-electron chi connectivity index (χ1n) is 7.53. The summed E-state index contributed by atoms with van der Waals surface area (Å²) in [5.41, 5.74) is 7.92. The highest BCUT2D eigenvalue weighted by atomic mass is 15.1. The second kappa shape index (κ2) is 5.65. The maximum absolute atomic E-state index is 5.67. The molecule has 4 heteroatoms. The minimum atomic E-state index is 0.559. The second-order valence-corrected chi connectivity index (χ2v) is 5.68. The Kier molecular flexibility index (Phi) is 3.72. The van der Waals surface area contributed by atoms with Gasteiger partial charge in [-0.3, -0.25) is 0 Å². The lowest BCUT2D eigenvalue weighted by Gasteiger charge is -2.33. The fourth-order valence-electron chi connectivity index (χ4n) is 3.38. The van der Waals surface area contributed by atoms with Crippen LogP contribution < -0.4 is 5.73 Å². The minimum absolute atomic E-state index is 0.559. The fourth-order valence-corrected chi connectivity index (χ4v) is 3.38. The zero-order valence-corrected chi connectivity index (χ0v) is 12.0. The molecule has 0 saturated heterocycles. The number of anilines is 1. The molecule has 2 aromatic rings. The summed E-state index contributed by atoms with van der Waals surface area (Å²) in [5.74, 6) is 1.32. The zero-order chi connectivity index (χ0) is 13.9. The fraction of sp³-hybridized carbons (Fsp3) is 0.500. The maximum atomic E-state index is 5.67. The van der Waals surface area contributed by atoms with Gasteiger partial charge in [0.1, 0.15) is 5.82 Å². The Labute approximate surface area is 120 Å². The molecule has 1 saturated carbocycles. The first kappa shape index (κ1) is 13.2. The van der Waals surface area contributed by atoms with Crippen molar-refractivity contribution in [2.45, 2.75) is 45.1 Å². The van der Waals surface area contributed by atoms with Crippen LogP contribution in [0.1, 0.15) is 45.1 Å². The van der Waals surface area contributed by atoms with Gasteiger partial charge >= 0.3 is 0 Å². The molecule has 1 aliphatic rings. The molecule has 2 atom stereocenters. The molecule has 0 amide bonds. The van der Waals surface area contributed by atoms with E-state index in [1.54, 1.807) is 0 Å². The van der Waals surface area contributed by atoms with Crippen molar-refractivity contribution in [3.05, 3.63) is 30.9 Å². The van der Waals surface area contributed by atoms with Crippen LogP contribution in [0.2, 0.25) is 0 Å². The number of hydrogen-bond acceptors (Lipinski definition) is 3. The SMILES string of the molecule is CCC1CCCCC1n1cncc1-c1ccc(N)nc1. The lowest BCUT2D eigenvalue weighted by atomic mass is 9.82. The summed E-state index contributed by atoms with van der Waals surface area (Å²) in [4.78, 5) is 8.57. The number of hydrogen-bond donors (Lipinski definition) is 1. The van der Waals surface area contributed by atoms with Crippen LogP contribution in [0.3, 0.4) is 0 Å². The van der Waals surface area contributed by atoms with Crippen LogP contribution in [0.25, 0.3) is 11.3 Å². The summed E-state index contributed by atoms with van der Waals surface area (Å²) in [5, 5.41) is 0. The van der Waals surface area contributed by atoms with Crippen LogP contribution >= 0.6 is 0 Å². The molecule has 2 unspecified atom stereocenters. The van der Waals surface area contributed by atoms with Crippen LogP contribution in [0.5, 0.6) is 0 Å². The molecule has 0 spiro atoms. The summed E-state index contributed by atoms with van der Waals surface area (Å²) < 4.78 is 2.35. The van der Waals surface area contributed by atoms with Crippen LogP contribution in [0.4, 0.5) is 5.82 Å². The molecule has 1 fully saturated rings. The predicted molar refractivity (Wildman–Crippen MR) is 81.2 cm³/mol. The van der Waals surface area contributed by atoms with Gasteiger partial charge in [-0.25, -0.2) is 9.97 Å². The van der Waals surface area contributed by atoms with E-state index in [0.29, 0.717) is 11.9 Å². The van der Waals surface area contributed by atoms with Gasteiger partial charge in [-0.2, -0.15) is 0 Å². The summed E-state index contributed by atoms with van der Waals surface area (Å²) >= 11 is 0. The van der Waals surface area contributed by atoms with Crippen LogP contribution in [0, 0.1) is 5.92 Å². The third kappa shape index (κ3) is 2.42. The third-order valence-corrected chi connectivity index (χ3v) is 4.50. The quantitative estimate of drug-likeness (QED) is 0.925. The molecule has 2 aromatic heterocycles. The summed E-state index contributed by atoms with van der Waals surface area (Å²) in [6.45, 7) is 2.30. The molecule has 1 aliphatic carbocycles. The molecule has 106 valence electrons. The monoisotopic (exact) mass is 270 g/mol. The normalized spacial score (nSPS) is 22.9. The Morgan fingerprint density at radius 2 is 2.10 bits per heavy atom. The largest absolute Gasteiger partial charge is 0.384 e. The van der Waals surface area contributed by atoms with Crippen LogP contribution in [-0.4, -0.2) is 14.5 Å². The average molecular weight is 270 g/mol. The van der Waals surface area contributed by atoms with Gasteiger partial charge in [-0.05, 0) is 30.9 Å². The zero-order valence-electron chi connectivity index (χ0n) is 12.0. The molecule has 2 N–H and O–H groups in total. The highest BCUT2D eigenvalue weighted by Gasteiger charge is 2.26. The molecule has 0 radical (unpaired) electrons. The molecule has 4 nitrogen and oxygen atoms in total. The molecule has 0 aromatic carbocycles. The number of nitrogen functional groups attached to an aromatic ring is 1. The van der Waals surface area contributed by atoms with Crippen molar-refractivity contribution in [1.82, 2.24) is 14.5 Å². The van der Waals surface area contributed by atoms with E-state index in [1.165, 1.54) is 32.1 Å². The topological polar surface area (TPSA) is 56.7 Å². The van der Waals surface area contributed by atoms with E-state index >= 15 is 0 Å². The van der Waals surface area contributed by atoms with Crippen LogP contribution in [-0.2, 0) is 0 Å². The van der Waals surface area contributed by atoms with Gasteiger partial charge < -0.3 is 10.3 Å². The van der Waals surface area contributed by atoms with Gasteiger partial charge in [0.2, 0.25) is 0 Å². The Morgan fingerprint density at radius 3 is 2.85 bits per heavy atom. The van der Waals surface area contributed by atoms with Crippen molar-refractivity contribution in [3.63, 3.8) is 0 Å². The van der Waals surface area contributed by atoms with Crippen molar-refractivity contribution < 1.29 is 0 Å². The third-order valence-electron chi connectivity index (χ3n) is 4.50. The Balaban J connectivity index is 1.95. The number of pyridine rings is 1. The van der Waals surface area contributed by atoms with Crippen molar-refractivity contribution >= 4 is 5.82 Å². The lowest BCUT2D eigenvalue weighted by Crippen LogP contribution is -2.22. The number of imidazole rings is 1. The highest BCUT2D eigenvalue weighted by molar-refractivity contribution is 5.59. The highest BCUT2D eigenvalue weighted by Crippen LogP contribution is 2.38. The van der Waals surface area contributed by atoms with E-state index in [2.05, 4.69) is 21.5 Å². The van der Waals surface area contributed by atoms with E-state index in [0.717, 1.165) is 17.2 Å². The van der Waals surface area contributed by atoms with Crippen LogP contribution in [0.15, 0.2) is 30.9 Å². The number of aromatic nitrogens is 3. The Morgan fingerprint density at radius 1 is 1.25 bits per heavy atom. The molecular weight excluding hydrogens is 248 g/mol. The van der Waals surface area contributed by atoms with Crippen molar-refractivity contribution in [3.8, 4) is 11.3 Å². The standard InChI is InChI=1S/C16H22N4/c1-2-12-5-3-4-6-14(12)20-11-18-10-15(20)13-7-8-16(17)19-9-13/h7-12,14H,2-6H2,1H3,(H2,17,19). The van der Waals surface area contributed by atoms with Crippen molar-refractivity contribution in [1.29, 1.82) is 0 Å². The molecule has 2 heterocycles. The first-order chi connectivity index (χ1) is 9.79. The second-order valence-electron chi connectivity index (χ2n) is 5.68. The molecule has 20 heavy (non-hydrogen) atoms. The van der Waals surface area contributed by atoms with E-state index in [1.807, 2.05) is 30.9 Å². The summed E-state index contributed by atoms with van der Waals surface area (Å²) in [6, 6.07) is 4.45. The summed E-state index contributed by atoms with van der Waals surface area (Å²) in [6.07, 6.45) is 12.3. The van der Waals surface area contributed by atoms with Crippen molar-refractivity contribution in [2.24, 2.45) is 5.92 Å². The Hall–Kier alpha value is -1.84. The lowest BCUT2D eigenvalue weighted by molar-refractivity contribution is 0.234. The smallest absolute Gasteiger partial charge is 0.123 e. The predicted octanol–water partition coefficient (Wildman–Crippen LogP) is 3.67. The Bertz CT molecular complexity index is 558.